The number of amidine groups is 1. The van der Waals surface area contributed by atoms with Crippen molar-refractivity contribution in [2.45, 2.75) is 24.7 Å². The first-order valence-corrected chi connectivity index (χ1v) is 11.8. The van der Waals surface area contributed by atoms with Crippen LogP contribution < -0.4 is 10.9 Å². The molecule has 1 aliphatic heterocycles. The van der Waals surface area contributed by atoms with Crippen molar-refractivity contribution in [3.8, 4) is 0 Å². The van der Waals surface area contributed by atoms with E-state index in [1.807, 2.05) is 11.9 Å². The van der Waals surface area contributed by atoms with Crippen LogP contribution >= 0.6 is 11.3 Å². The highest BCUT2D eigenvalue weighted by Gasteiger charge is 2.22. The SMILES string of the molecule is Cc1c(C(=O)Nc2cccc(S(=O)(=O)/N=C3\CCCN3C)c2)sc2ncn(C)c(=O)c12. The van der Waals surface area contributed by atoms with Gasteiger partial charge in [0.05, 0.1) is 21.5 Å². The molecule has 0 saturated carbocycles. The maximum absolute atomic E-state index is 12.9. The summed E-state index contributed by atoms with van der Waals surface area (Å²) < 4.78 is 30.7. The number of thiophene rings is 1. The third-order valence-electron chi connectivity index (χ3n) is 5.17. The molecule has 11 heteroatoms. The van der Waals surface area contributed by atoms with Gasteiger partial charge in [-0.2, -0.15) is 8.42 Å². The minimum absolute atomic E-state index is 0.00157. The van der Waals surface area contributed by atoms with Gasteiger partial charge in [-0.25, -0.2) is 4.98 Å². The summed E-state index contributed by atoms with van der Waals surface area (Å²) in [6.45, 7) is 2.48. The van der Waals surface area contributed by atoms with Gasteiger partial charge < -0.3 is 14.8 Å². The van der Waals surface area contributed by atoms with Crippen molar-refractivity contribution in [1.29, 1.82) is 0 Å². The molecule has 1 aromatic carbocycles. The Morgan fingerprint density at radius 2 is 2.06 bits per heavy atom. The van der Waals surface area contributed by atoms with Gasteiger partial charge in [-0.1, -0.05) is 6.07 Å². The molecule has 1 aliphatic rings. The Morgan fingerprint density at radius 1 is 1.29 bits per heavy atom. The van der Waals surface area contributed by atoms with Crippen LogP contribution in [0.5, 0.6) is 0 Å². The molecular weight excluding hydrogens is 438 g/mol. The lowest BCUT2D eigenvalue weighted by Crippen LogP contribution is -2.20. The predicted octanol–water partition coefficient (Wildman–Crippen LogP) is 2.37. The van der Waals surface area contributed by atoms with E-state index in [0.717, 1.165) is 24.3 Å². The fourth-order valence-electron chi connectivity index (χ4n) is 3.45. The molecule has 1 saturated heterocycles. The molecule has 2 aromatic heterocycles. The molecular formula is C20H21N5O4S2. The standard InChI is InChI=1S/C20H21N5O4S2/c1-12-16-19(21-11-25(3)20(16)27)30-17(12)18(26)22-13-6-4-7-14(10-13)31(28,29)23-15-8-5-9-24(15)2/h4,6-7,10-11H,5,8-9H2,1-3H3,(H,22,26)/b23-15+. The van der Waals surface area contributed by atoms with E-state index in [9.17, 15) is 18.0 Å². The molecule has 0 unspecified atom stereocenters. The average Bonchev–Trinajstić information content (AvgIpc) is 3.28. The number of amides is 1. The number of hydrogen-bond acceptors (Lipinski definition) is 6. The van der Waals surface area contributed by atoms with Crippen LogP contribution in [0.1, 0.15) is 28.1 Å². The lowest BCUT2D eigenvalue weighted by atomic mass is 10.2. The van der Waals surface area contributed by atoms with Crippen molar-refractivity contribution < 1.29 is 13.2 Å². The zero-order valence-electron chi connectivity index (χ0n) is 17.2. The second-order valence-electron chi connectivity index (χ2n) is 7.39. The molecule has 4 rings (SSSR count). The molecule has 0 spiro atoms. The van der Waals surface area contributed by atoms with Crippen LogP contribution in [0.15, 0.2) is 44.7 Å². The number of rotatable bonds is 4. The van der Waals surface area contributed by atoms with Crippen molar-refractivity contribution in [2.24, 2.45) is 11.4 Å². The number of nitrogens with zero attached hydrogens (tertiary/aromatic N) is 4. The molecule has 162 valence electrons. The van der Waals surface area contributed by atoms with Crippen LogP contribution in [-0.2, 0) is 17.1 Å². The normalized spacial score (nSPS) is 15.7. The number of anilines is 1. The fraction of sp³-hybridized carbons (Fsp3) is 0.300. The molecule has 3 aromatic rings. The number of sulfonamides is 1. The van der Waals surface area contributed by atoms with Gasteiger partial charge in [-0.15, -0.1) is 15.7 Å². The number of aryl methyl sites for hydroxylation is 2. The van der Waals surface area contributed by atoms with E-state index in [1.165, 1.54) is 23.0 Å². The monoisotopic (exact) mass is 459 g/mol. The molecule has 3 heterocycles. The van der Waals surface area contributed by atoms with Crippen LogP contribution in [0, 0.1) is 6.92 Å². The minimum Gasteiger partial charge on any atom is -0.362 e. The first-order chi connectivity index (χ1) is 14.7. The van der Waals surface area contributed by atoms with Crippen LogP contribution in [0.4, 0.5) is 5.69 Å². The second kappa shape index (κ2) is 7.89. The number of nitrogens with one attached hydrogen (secondary N) is 1. The number of likely N-dealkylation sites (tertiary alicyclic amines) is 1. The Bertz CT molecular complexity index is 1390. The van der Waals surface area contributed by atoms with Crippen molar-refractivity contribution >= 4 is 49.0 Å². The minimum atomic E-state index is -3.90. The topological polar surface area (TPSA) is 114 Å². The van der Waals surface area contributed by atoms with Crippen LogP contribution in [0.2, 0.25) is 0 Å². The molecule has 1 fully saturated rings. The number of benzene rings is 1. The number of hydrogen-bond donors (Lipinski definition) is 1. The maximum Gasteiger partial charge on any atom is 0.284 e. The Kier molecular flexibility index (Phi) is 5.40. The van der Waals surface area contributed by atoms with Gasteiger partial charge in [0.1, 0.15) is 10.7 Å². The van der Waals surface area contributed by atoms with Gasteiger partial charge in [0.25, 0.3) is 21.5 Å². The first kappa shape index (κ1) is 21.2. The Balaban J connectivity index is 1.63. The lowest BCUT2D eigenvalue weighted by molar-refractivity contribution is 0.103. The summed E-state index contributed by atoms with van der Waals surface area (Å²) in [5.41, 5.74) is 0.649. The fourth-order valence-corrected chi connectivity index (χ4v) is 5.62. The van der Waals surface area contributed by atoms with E-state index in [-0.39, 0.29) is 10.5 Å². The van der Waals surface area contributed by atoms with Gasteiger partial charge in [0.2, 0.25) is 0 Å². The molecule has 0 atom stereocenters. The van der Waals surface area contributed by atoms with Crippen molar-refractivity contribution in [3.63, 3.8) is 0 Å². The summed E-state index contributed by atoms with van der Waals surface area (Å²) in [7, 11) is -0.481. The molecule has 0 radical (unpaired) electrons. The van der Waals surface area contributed by atoms with Crippen LogP contribution in [0.25, 0.3) is 10.2 Å². The van der Waals surface area contributed by atoms with E-state index in [4.69, 9.17) is 0 Å². The zero-order valence-corrected chi connectivity index (χ0v) is 18.9. The van der Waals surface area contributed by atoms with Gasteiger partial charge in [-0.05, 0) is 37.1 Å². The number of carbonyl (C=O) groups is 1. The maximum atomic E-state index is 12.9. The smallest absolute Gasteiger partial charge is 0.284 e. The summed E-state index contributed by atoms with van der Waals surface area (Å²) in [4.78, 5) is 32.1. The van der Waals surface area contributed by atoms with Crippen molar-refractivity contribution in [2.75, 3.05) is 18.9 Å². The molecule has 31 heavy (non-hydrogen) atoms. The van der Waals surface area contributed by atoms with Crippen LogP contribution in [-0.4, -0.2) is 48.2 Å². The summed E-state index contributed by atoms with van der Waals surface area (Å²) in [5.74, 6) is 0.100. The van der Waals surface area contributed by atoms with Gasteiger partial charge in [0, 0.05) is 32.7 Å². The number of aromatic nitrogens is 2. The van der Waals surface area contributed by atoms with E-state index in [2.05, 4.69) is 14.7 Å². The summed E-state index contributed by atoms with van der Waals surface area (Å²) >= 11 is 1.12. The van der Waals surface area contributed by atoms with Gasteiger partial charge >= 0.3 is 0 Å². The molecule has 1 N–H and O–H groups in total. The lowest BCUT2D eigenvalue weighted by Gasteiger charge is -2.11. The number of carbonyl (C=O) groups excluding carboxylic acids is 1. The zero-order chi connectivity index (χ0) is 22.3. The summed E-state index contributed by atoms with van der Waals surface area (Å²) in [6.07, 6.45) is 2.90. The van der Waals surface area contributed by atoms with Crippen molar-refractivity contribution in [1.82, 2.24) is 14.5 Å². The largest absolute Gasteiger partial charge is 0.362 e. The van der Waals surface area contributed by atoms with Crippen molar-refractivity contribution in [3.05, 3.63) is 51.4 Å². The molecule has 0 bridgehead atoms. The Labute approximate surface area is 183 Å². The quantitative estimate of drug-likeness (QED) is 0.641. The van der Waals surface area contributed by atoms with E-state index in [1.54, 1.807) is 26.1 Å². The summed E-state index contributed by atoms with van der Waals surface area (Å²) in [5, 5.41) is 3.13. The summed E-state index contributed by atoms with van der Waals surface area (Å²) in [6, 6.07) is 5.98. The van der Waals surface area contributed by atoms with E-state index in [0.29, 0.717) is 38.6 Å². The highest BCUT2D eigenvalue weighted by Crippen LogP contribution is 2.28. The molecule has 1 amide bonds. The third-order valence-corrected chi connectivity index (χ3v) is 7.67. The average molecular weight is 460 g/mol. The first-order valence-electron chi connectivity index (χ1n) is 9.58. The highest BCUT2D eigenvalue weighted by molar-refractivity contribution is 7.90. The second-order valence-corrected chi connectivity index (χ2v) is 9.99. The van der Waals surface area contributed by atoms with Gasteiger partial charge in [-0.3, -0.25) is 9.59 Å². The highest BCUT2D eigenvalue weighted by atomic mass is 32.2. The Hall–Kier alpha value is -3.05. The number of fused-ring (bicyclic) bond motifs is 1. The predicted molar refractivity (Wildman–Crippen MR) is 120 cm³/mol. The molecule has 0 aliphatic carbocycles. The third kappa shape index (κ3) is 3.98. The van der Waals surface area contributed by atoms with E-state index < -0.39 is 15.9 Å². The van der Waals surface area contributed by atoms with Crippen LogP contribution in [0.3, 0.4) is 0 Å². The van der Waals surface area contributed by atoms with E-state index >= 15 is 0 Å². The van der Waals surface area contributed by atoms with Gasteiger partial charge in [0.15, 0.2) is 0 Å². The molecule has 9 nitrogen and oxygen atoms in total. The Morgan fingerprint density at radius 3 is 2.77 bits per heavy atom.